The van der Waals surface area contributed by atoms with Crippen molar-refractivity contribution in [1.82, 2.24) is 5.32 Å². The van der Waals surface area contributed by atoms with Crippen LogP contribution in [-0.2, 0) is 19.0 Å². The molecular formula is C20H29N3S. The van der Waals surface area contributed by atoms with Crippen LogP contribution in [0.3, 0.4) is 0 Å². The van der Waals surface area contributed by atoms with E-state index in [-0.39, 0.29) is 6.17 Å². The first kappa shape index (κ1) is 18.8. The molecule has 0 fully saturated rings. The maximum Gasteiger partial charge on any atom is 0.150 e. The second-order valence-corrected chi connectivity index (χ2v) is 7.24. The molecule has 0 radical (unpaired) electrons. The van der Waals surface area contributed by atoms with E-state index in [2.05, 4.69) is 56.9 Å². The third-order valence-electron chi connectivity index (χ3n) is 4.63. The molecule has 0 saturated carbocycles. The van der Waals surface area contributed by atoms with Crippen LogP contribution < -0.4 is 11.1 Å². The van der Waals surface area contributed by atoms with E-state index < -0.39 is 0 Å². The van der Waals surface area contributed by atoms with Gasteiger partial charge in [-0.3, -0.25) is 5.32 Å². The molecule has 0 heterocycles. The SMILES string of the molecule is CC1=CC(C)=C(/C([NH-])=C/C(N)NCCc2ccc([SH2+])cc2)CC1C. The second-order valence-electron chi connectivity index (χ2n) is 6.66. The highest BCUT2D eigenvalue weighted by Crippen LogP contribution is 2.32. The van der Waals surface area contributed by atoms with Crippen molar-refractivity contribution in [3.8, 4) is 0 Å². The fourth-order valence-corrected chi connectivity index (χ4v) is 3.08. The summed E-state index contributed by atoms with van der Waals surface area (Å²) in [7, 11) is 0. The average Bonchev–Trinajstić information content (AvgIpc) is 2.52. The topological polar surface area (TPSA) is 61.9 Å². The number of rotatable bonds is 6. The summed E-state index contributed by atoms with van der Waals surface area (Å²) in [5, 5.41) is 3.28. The molecule has 1 aliphatic carbocycles. The maximum absolute atomic E-state index is 8.35. The van der Waals surface area contributed by atoms with Gasteiger partial charge in [0.2, 0.25) is 0 Å². The number of hydrogen-bond acceptors (Lipinski definition) is 2. The van der Waals surface area contributed by atoms with Crippen LogP contribution in [0, 0.1) is 5.92 Å². The van der Waals surface area contributed by atoms with Crippen molar-refractivity contribution in [3.05, 3.63) is 70.1 Å². The van der Waals surface area contributed by atoms with Gasteiger partial charge in [-0.25, -0.2) is 0 Å². The molecule has 2 rings (SSSR count). The highest BCUT2D eigenvalue weighted by Gasteiger charge is 2.14. The van der Waals surface area contributed by atoms with E-state index in [0.29, 0.717) is 11.6 Å². The van der Waals surface area contributed by atoms with Crippen molar-refractivity contribution >= 4 is 12.6 Å². The first-order chi connectivity index (χ1) is 11.4. The van der Waals surface area contributed by atoms with Crippen LogP contribution in [0.2, 0.25) is 0 Å². The van der Waals surface area contributed by atoms with Crippen LogP contribution in [0.25, 0.3) is 5.73 Å². The minimum absolute atomic E-state index is 0.296. The van der Waals surface area contributed by atoms with E-state index in [4.69, 9.17) is 11.5 Å². The third-order valence-corrected chi connectivity index (χ3v) is 4.96. The Bertz CT molecular complexity index is 656. The Morgan fingerprint density at radius 2 is 2.04 bits per heavy atom. The van der Waals surface area contributed by atoms with Crippen molar-refractivity contribution in [2.75, 3.05) is 6.54 Å². The molecule has 130 valence electrons. The third kappa shape index (κ3) is 5.26. The van der Waals surface area contributed by atoms with E-state index in [0.717, 1.165) is 29.9 Å². The molecule has 2 atom stereocenters. The summed E-state index contributed by atoms with van der Waals surface area (Å²) in [5.74, 6) is 0.499. The molecule has 0 spiro atoms. The van der Waals surface area contributed by atoms with Crippen molar-refractivity contribution in [2.45, 2.75) is 44.7 Å². The Morgan fingerprint density at radius 1 is 1.38 bits per heavy atom. The van der Waals surface area contributed by atoms with E-state index in [9.17, 15) is 0 Å². The van der Waals surface area contributed by atoms with Crippen LogP contribution in [0.5, 0.6) is 0 Å². The standard InChI is InChI=1S/C20H28N3S/c1-13-10-15(3)18(11-14(13)2)19(21)12-20(22)23-9-8-16-4-6-17(24)7-5-16/h4-7,10,12,14,20-21,23-24H,8-9,11,22H2,1-3H3/q-1/p+1/b19-12-. The molecule has 4 N–H and O–H groups in total. The fourth-order valence-electron chi connectivity index (χ4n) is 2.92. The molecule has 0 bridgehead atoms. The summed E-state index contributed by atoms with van der Waals surface area (Å²) in [6.07, 6.45) is 5.56. The first-order valence-corrected chi connectivity index (χ1v) is 8.98. The Kier molecular flexibility index (Phi) is 6.72. The Balaban J connectivity index is 1.90. The number of nitrogens with two attached hydrogens (primary N) is 1. The molecule has 1 aromatic carbocycles. The average molecular weight is 344 g/mol. The van der Waals surface area contributed by atoms with Gasteiger partial charge in [0.25, 0.3) is 0 Å². The Hall–Kier alpha value is -1.49. The Labute approximate surface area is 151 Å². The predicted molar refractivity (Wildman–Crippen MR) is 107 cm³/mol. The lowest BCUT2D eigenvalue weighted by Crippen LogP contribution is -2.37. The number of hydrogen-bond donors (Lipinski definition) is 2. The van der Waals surface area contributed by atoms with E-state index in [1.807, 2.05) is 18.2 Å². The van der Waals surface area contributed by atoms with Gasteiger partial charge in [-0.2, -0.15) is 0 Å². The minimum atomic E-state index is -0.296. The van der Waals surface area contributed by atoms with Crippen molar-refractivity contribution in [2.24, 2.45) is 11.7 Å². The van der Waals surface area contributed by atoms with Crippen LogP contribution in [0.15, 0.2) is 63.7 Å². The van der Waals surface area contributed by atoms with Crippen LogP contribution in [0.4, 0.5) is 0 Å². The summed E-state index contributed by atoms with van der Waals surface area (Å²) < 4.78 is 0. The van der Waals surface area contributed by atoms with Gasteiger partial charge in [0, 0.05) is 6.54 Å². The van der Waals surface area contributed by atoms with Crippen LogP contribution >= 0.6 is 0 Å². The number of nitrogens with one attached hydrogen (secondary N) is 2. The fraction of sp³-hybridized carbons (Fsp3) is 0.400. The summed E-state index contributed by atoms with van der Waals surface area (Å²) in [5.41, 5.74) is 20.0. The molecule has 1 aliphatic rings. The molecular weight excluding hydrogens is 314 g/mol. The zero-order valence-corrected chi connectivity index (χ0v) is 15.8. The van der Waals surface area contributed by atoms with Crippen LogP contribution in [0.1, 0.15) is 32.8 Å². The highest BCUT2D eigenvalue weighted by atomic mass is 32.1. The smallest absolute Gasteiger partial charge is 0.150 e. The molecule has 0 amide bonds. The molecule has 24 heavy (non-hydrogen) atoms. The number of allylic oxidation sites excluding steroid dienone is 4. The van der Waals surface area contributed by atoms with E-state index in [1.165, 1.54) is 16.7 Å². The van der Waals surface area contributed by atoms with Gasteiger partial charge < -0.3 is 11.5 Å². The lowest BCUT2D eigenvalue weighted by atomic mass is 9.84. The van der Waals surface area contributed by atoms with E-state index >= 15 is 0 Å². The van der Waals surface area contributed by atoms with Crippen molar-refractivity contribution in [3.63, 3.8) is 0 Å². The monoisotopic (exact) mass is 343 g/mol. The molecule has 0 aromatic heterocycles. The minimum Gasteiger partial charge on any atom is -0.699 e. The van der Waals surface area contributed by atoms with Gasteiger partial charge in [-0.1, -0.05) is 42.4 Å². The summed E-state index contributed by atoms with van der Waals surface area (Å²) in [4.78, 5) is 1.08. The molecule has 0 saturated heterocycles. The zero-order valence-electron chi connectivity index (χ0n) is 14.8. The number of benzene rings is 1. The predicted octanol–water partition coefficient (Wildman–Crippen LogP) is 3.71. The van der Waals surface area contributed by atoms with Gasteiger partial charge in [-0.15, -0.1) is 5.70 Å². The molecule has 2 unspecified atom stereocenters. The quantitative estimate of drug-likeness (QED) is 0.611. The largest absolute Gasteiger partial charge is 0.699 e. The summed E-state index contributed by atoms with van der Waals surface area (Å²) >= 11 is 3.49. The molecule has 1 aromatic rings. The van der Waals surface area contributed by atoms with Crippen molar-refractivity contribution < 1.29 is 0 Å². The van der Waals surface area contributed by atoms with Gasteiger partial charge in [0.1, 0.15) is 4.90 Å². The lowest BCUT2D eigenvalue weighted by Gasteiger charge is -2.27. The van der Waals surface area contributed by atoms with Gasteiger partial charge in [0.15, 0.2) is 0 Å². The molecule has 4 heteroatoms. The van der Waals surface area contributed by atoms with Crippen molar-refractivity contribution in [1.29, 1.82) is 0 Å². The second kappa shape index (κ2) is 8.56. The summed E-state index contributed by atoms with van der Waals surface area (Å²) in [6.45, 7) is 7.24. The molecule has 0 aliphatic heterocycles. The summed E-state index contributed by atoms with van der Waals surface area (Å²) in [6, 6.07) is 8.30. The van der Waals surface area contributed by atoms with Crippen LogP contribution in [-0.4, -0.2) is 12.7 Å². The van der Waals surface area contributed by atoms with E-state index in [1.54, 1.807) is 0 Å². The van der Waals surface area contributed by atoms with Gasteiger partial charge in [0.05, 0.1) is 6.17 Å². The van der Waals surface area contributed by atoms with Gasteiger partial charge in [-0.05, 0) is 68.5 Å². The highest BCUT2D eigenvalue weighted by molar-refractivity contribution is 7.58. The lowest BCUT2D eigenvalue weighted by molar-refractivity contribution is 0.608. The Morgan fingerprint density at radius 3 is 2.71 bits per heavy atom. The first-order valence-electron chi connectivity index (χ1n) is 8.48. The maximum atomic E-state index is 8.35. The van der Waals surface area contributed by atoms with Gasteiger partial charge >= 0.3 is 0 Å². The normalized spacial score (nSPS) is 20.1. The molecule has 3 nitrogen and oxygen atoms in total. The zero-order chi connectivity index (χ0) is 17.7.